The van der Waals surface area contributed by atoms with Gasteiger partial charge in [0.2, 0.25) is 0 Å². The molecule has 2 aromatic rings. The molecule has 0 aliphatic rings. The average Bonchev–Trinajstić information content (AvgIpc) is 2.55. The van der Waals surface area contributed by atoms with Crippen LogP contribution in [0.25, 0.3) is 0 Å². The van der Waals surface area contributed by atoms with Crippen molar-refractivity contribution in [2.45, 2.75) is 13.0 Å². The molecule has 1 atom stereocenters. The van der Waals surface area contributed by atoms with Gasteiger partial charge < -0.3 is 15.4 Å². The van der Waals surface area contributed by atoms with E-state index in [2.05, 4.69) is 15.4 Å². The van der Waals surface area contributed by atoms with Gasteiger partial charge in [-0.3, -0.25) is 0 Å². The van der Waals surface area contributed by atoms with Crippen LogP contribution in [0.15, 0.2) is 48.5 Å². The molecule has 0 saturated carbocycles. The summed E-state index contributed by atoms with van der Waals surface area (Å²) in [6.07, 6.45) is 0. The summed E-state index contributed by atoms with van der Waals surface area (Å²) in [7, 11) is 1.35. The molecule has 4 nitrogen and oxygen atoms in total. The van der Waals surface area contributed by atoms with E-state index in [0.717, 1.165) is 11.3 Å². The van der Waals surface area contributed by atoms with E-state index in [0.29, 0.717) is 15.7 Å². The molecule has 23 heavy (non-hydrogen) atoms. The highest BCUT2D eigenvalue weighted by atomic mass is 35.5. The zero-order valence-electron chi connectivity index (χ0n) is 12.8. The minimum absolute atomic E-state index is 0.0432. The Kier molecular flexibility index (Phi) is 5.96. The number of nitrogens with one attached hydrogen (secondary N) is 2. The van der Waals surface area contributed by atoms with E-state index in [1.54, 1.807) is 24.3 Å². The number of esters is 1. The third-order valence-electron chi connectivity index (χ3n) is 3.28. The summed E-state index contributed by atoms with van der Waals surface area (Å²) < 4.78 is 4.66. The van der Waals surface area contributed by atoms with Gasteiger partial charge >= 0.3 is 5.97 Å². The van der Waals surface area contributed by atoms with Crippen molar-refractivity contribution in [2.24, 2.45) is 0 Å². The lowest BCUT2D eigenvalue weighted by atomic mass is 10.1. The number of rotatable bonds is 4. The summed E-state index contributed by atoms with van der Waals surface area (Å²) in [5, 5.41) is 7.48. The van der Waals surface area contributed by atoms with E-state index in [4.69, 9.17) is 23.8 Å². The van der Waals surface area contributed by atoms with Crippen LogP contribution >= 0.6 is 23.8 Å². The van der Waals surface area contributed by atoms with Crippen molar-refractivity contribution in [3.8, 4) is 0 Å². The van der Waals surface area contributed by atoms with Crippen molar-refractivity contribution in [1.82, 2.24) is 5.32 Å². The molecule has 0 fully saturated rings. The number of methoxy groups -OCH3 is 1. The first kappa shape index (κ1) is 17.2. The Balaban J connectivity index is 1.93. The molecular formula is C17H17ClN2O2S. The van der Waals surface area contributed by atoms with Gasteiger partial charge in [0.15, 0.2) is 5.11 Å². The van der Waals surface area contributed by atoms with Crippen LogP contribution in [0.2, 0.25) is 5.02 Å². The number of benzene rings is 2. The predicted molar refractivity (Wildman–Crippen MR) is 97.0 cm³/mol. The lowest BCUT2D eigenvalue weighted by Crippen LogP contribution is -2.30. The van der Waals surface area contributed by atoms with Crippen LogP contribution in [0, 0.1) is 0 Å². The van der Waals surface area contributed by atoms with Gasteiger partial charge in [0.1, 0.15) is 0 Å². The molecule has 0 saturated heterocycles. The zero-order valence-corrected chi connectivity index (χ0v) is 14.4. The second-order valence-corrected chi connectivity index (χ2v) is 5.79. The van der Waals surface area contributed by atoms with Crippen LogP contribution in [-0.4, -0.2) is 18.2 Å². The highest BCUT2D eigenvalue weighted by molar-refractivity contribution is 7.80. The van der Waals surface area contributed by atoms with Crippen molar-refractivity contribution in [3.05, 3.63) is 64.7 Å². The predicted octanol–water partition coefficient (Wildman–Crippen LogP) is 4.17. The number of hydrogen-bond acceptors (Lipinski definition) is 3. The molecule has 1 unspecified atom stereocenters. The number of hydrogen-bond donors (Lipinski definition) is 2. The van der Waals surface area contributed by atoms with Crippen LogP contribution in [0.5, 0.6) is 0 Å². The second-order valence-electron chi connectivity index (χ2n) is 4.94. The van der Waals surface area contributed by atoms with Gasteiger partial charge in [0.25, 0.3) is 0 Å². The third-order valence-corrected chi connectivity index (χ3v) is 3.75. The van der Waals surface area contributed by atoms with Gasteiger partial charge in [0.05, 0.1) is 18.7 Å². The summed E-state index contributed by atoms with van der Waals surface area (Å²) in [5.41, 5.74) is 2.37. The van der Waals surface area contributed by atoms with Gasteiger partial charge in [-0.1, -0.05) is 23.7 Å². The Labute approximate surface area is 145 Å². The highest BCUT2D eigenvalue weighted by Gasteiger charge is 2.08. The molecule has 0 radical (unpaired) electrons. The second kappa shape index (κ2) is 7.94. The molecule has 0 heterocycles. The quantitative estimate of drug-likeness (QED) is 0.641. The standard InChI is InChI=1S/C17H17ClN2O2S/c1-11(12-3-7-14(18)8-4-12)19-17(23)20-15-9-5-13(6-10-15)16(21)22-2/h3-11H,1-2H3,(H2,19,20,23). The Bertz CT molecular complexity index is 687. The van der Waals surface area contributed by atoms with Crippen LogP contribution in [0.3, 0.4) is 0 Å². The molecule has 2 aromatic carbocycles. The van der Waals surface area contributed by atoms with Crippen molar-refractivity contribution in [1.29, 1.82) is 0 Å². The lowest BCUT2D eigenvalue weighted by Gasteiger charge is -2.17. The Morgan fingerprint density at radius 2 is 1.74 bits per heavy atom. The summed E-state index contributed by atoms with van der Waals surface area (Å²) in [5.74, 6) is -0.367. The first-order valence-electron chi connectivity index (χ1n) is 7.01. The molecular weight excluding hydrogens is 332 g/mol. The third kappa shape index (κ3) is 4.94. The fraction of sp³-hybridized carbons (Fsp3) is 0.176. The first-order valence-corrected chi connectivity index (χ1v) is 7.79. The number of halogens is 1. The fourth-order valence-electron chi connectivity index (χ4n) is 2.01. The average molecular weight is 349 g/mol. The molecule has 0 bridgehead atoms. The van der Waals surface area contributed by atoms with Crippen LogP contribution in [0.4, 0.5) is 5.69 Å². The van der Waals surface area contributed by atoms with Gasteiger partial charge in [-0.25, -0.2) is 4.79 Å². The number of carbonyl (C=O) groups excluding carboxylic acids is 1. The van der Waals surface area contributed by atoms with Crippen molar-refractivity contribution in [2.75, 3.05) is 12.4 Å². The minimum atomic E-state index is -0.367. The summed E-state index contributed by atoms with van der Waals surface area (Å²) in [6.45, 7) is 2.01. The van der Waals surface area contributed by atoms with E-state index in [-0.39, 0.29) is 12.0 Å². The van der Waals surface area contributed by atoms with Gasteiger partial charge in [-0.2, -0.15) is 0 Å². The number of ether oxygens (including phenoxy) is 1. The van der Waals surface area contributed by atoms with E-state index < -0.39 is 0 Å². The van der Waals surface area contributed by atoms with E-state index in [1.807, 2.05) is 31.2 Å². The smallest absolute Gasteiger partial charge is 0.337 e. The SMILES string of the molecule is COC(=O)c1ccc(NC(=S)NC(C)c2ccc(Cl)cc2)cc1. The molecule has 0 aliphatic heterocycles. The monoisotopic (exact) mass is 348 g/mol. The number of carbonyl (C=O) groups is 1. The Morgan fingerprint density at radius 3 is 2.30 bits per heavy atom. The molecule has 0 amide bonds. The number of thiocarbonyl (C=S) groups is 1. The molecule has 0 aliphatic carbocycles. The Hall–Kier alpha value is -2.11. The van der Waals surface area contributed by atoms with Crippen LogP contribution < -0.4 is 10.6 Å². The zero-order chi connectivity index (χ0) is 16.8. The highest BCUT2D eigenvalue weighted by Crippen LogP contribution is 2.16. The maximum atomic E-state index is 11.4. The molecule has 2 N–H and O–H groups in total. The topological polar surface area (TPSA) is 50.4 Å². The summed E-state index contributed by atoms with van der Waals surface area (Å²) in [4.78, 5) is 11.4. The lowest BCUT2D eigenvalue weighted by molar-refractivity contribution is 0.0601. The Morgan fingerprint density at radius 1 is 1.13 bits per heavy atom. The molecule has 0 aromatic heterocycles. The van der Waals surface area contributed by atoms with Crippen LogP contribution in [0.1, 0.15) is 28.9 Å². The molecule has 0 spiro atoms. The van der Waals surface area contributed by atoms with Crippen molar-refractivity contribution in [3.63, 3.8) is 0 Å². The molecule has 2 rings (SSSR count). The minimum Gasteiger partial charge on any atom is -0.465 e. The maximum Gasteiger partial charge on any atom is 0.337 e. The van der Waals surface area contributed by atoms with Gasteiger partial charge in [0, 0.05) is 10.7 Å². The van der Waals surface area contributed by atoms with Gasteiger partial charge in [-0.05, 0) is 61.1 Å². The van der Waals surface area contributed by atoms with E-state index in [1.165, 1.54) is 7.11 Å². The summed E-state index contributed by atoms with van der Waals surface area (Å²) >= 11 is 11.2. The van der Waals surface area contributed by atoms with Crippen molar-refractivity contribution < 1.29 is 9.53 Å². The fourth-order valence-corrected chi connectivity index (χ4v) is 2.43. The maximum absolute atomic E-state index is 11.4. The molecule has 6 heteroatoms. The molecule has 120 valence electrons. The normalized spacial score (nSPS) is 11.4. The van der Waals surface area contributed by atoms with Crippen LogP contribution in [-0.2, 0) is 4.74 Å². The van der Waals surface area contributed by atoms with Crippen molar-refractivity contribution >= 4 is 40.6 Å². The number of anilines is 1. The largest absolute Gasteiger partial charge is 0.465 e. The van der Waals surface area contributed by atoms with Gasteiger partial charge in [-0.15, -0.1) is 0 Å². The summed E-state index contributed by atoms with van der Waals surface area (Å²) in [6, 6.07) is 14.5. The van der Waals surface area contributed by atoms with E-state index in [9.17, 15) is 4.79 Å². The van der Waals surface area contributed by atoms with E-state index >= 15 is 0 Å². The first-order chi connectivity index (χ1) is 11.0.